The number of anilines is 2. The van der Waals surface area contributed by atoms with E-state index in [0.29, 0.717) is 0 Å². The zero-order valence-corrected chi connectivity index (χ0v) is 12.0. The molecule has 3 nitrogen and oxygen atoms in total. The van der Waals surface area contributed by atoms with Gasteiger partial charge in [-0.25, -0.2) is 0 Å². The van der Waals surface area contributed by atoms with Crippen LogP contribution in [0.2, 0.25) is 0 Å². The van der Waals surface area contributed by atoms with Crippen LogP contribution in [0, 0.1) is 6.92 Å². The first-order valence-electron chi connectivity index (χ1n) is 6.99. The molecular weight excluding hydrogens is 248 g/mol. The van der Waals surface area contributed by atoms with E-state index >= 15 is 0 Å². The maximum atomic E-state index is 5.89. The summed E-state index contributed by atoms with van der Waals surface area (Å²) in [6.45, 7) is 6.04. The van der Waals surface area contributed by atoms with E-state index in [4.69, 9.17) is 10.5 Å². The van der Waals surface area contributed by atoms with Gasteiger partial charge < -0.3 is 15.4 Å². The van der Waals surface area contributed by atoms with Gasteiger partial charge in [-0.3, -0.25) is 0 Å². The van der Waals surface area contributed by atoms with Gasteiger partial charge >= 0.3 is 0 Å². The standard InChI is InChI=1S/C17H20N2O/c1-12-5-3-4-6-14(12)11-19-10-13(2)20-17-9-15(18)7-8-16(17)19/h3-9,13H,10-11,18H2,1-2H3. The van der Waals surface area contributed by atoms with Crippen molar-refractivity contribution in [1.29, 1.82) is 0 Å². The minimum atomic E-state index is 0.174. The first kappa shape index (κ1) is 12.9. The number of benzene rings is 2. The fourth-order valence-electron chi connectivity index (χ4n) is 2.69. The molecule has 104 valence electrons. The van der Waals surface area contributed by atoms with Gasteiger partial charge in [0.1, 0.15) is 11.9 Å². The Morgan fingerprint density at radius 2 is 2.05 bits per heavy atom. The molecule has 0 amide bonds. The SMILES string of the molecule is Cc1ccccc1CN1CC(C)Oc2cc(N)ccc21. The van der Waals surface area contributed by atoms with Crippen LogP contribution in [0.5, 0.6) is 5.75 Å². The Labute approximate surface area is 120 Å². The number of hydrogen-bond donors (Lipinski definition) is 1. The lowest BCUT2D eigenvalue weighted by atomic mass is 10.1. The summed E-state index contributed by atoms with van der Waals surface area (Å²) in [6, 6.07) is 14.4. The van der Waals surface area contributed by atoms with E-state index in [1.54, 1.807) is 0 Å². The highest BCUT2D eigenvalue weighted by atomic mass is 16.5. The highest BCUT2D eigenvalue weighted by molar-refractivity contribution is 5.65. The van der Waals surface area contributed by atoms with Gasteiger partial charge in [0.15, 0.2) is 0 Å². The minimum Gasteiger partial charge on any atom is -0.487 e. The van der Waals surface area contributed by atoms with Crippen LogP contribution in [0.1, 0.15) is 18.1 Å². The Morgan fingerprint density at radius 3 is 2.85 bits per heavy atom. The van der Waals surface area contributed by atoms with E-state index in [9.17, 15) is 0 Å². The molecule has 1 aliphatic rings. The molecule has 3 rings (SSSR count). The molecule has 3 heteroatoms. The van der Waals surface area contributed by atoms with Crippen LogP contribution < -0.4 is 15.4 Å². The number of hydrogen-bond acceptors (Lipinski definition) is 3. The van der Waals surface area contributed by atoms with Gasteiger partial charge in [0.2, 0.25) is 0 Å². The van der Waals surface area contributed by atoms with Crippen molar-refractivity contribution in [2.75, 3.05) is 17.2 Å². The number of nitrogens with two attached hydrogens (primary N) is 1. The average Bonchev–Trinajstić information content (AvgIpc) is 2.40. The van der Waals surface area contributed by atoms with Gasteiger partial charge in [-0.05, 0) is 37.1 Å². The van der Waals surface area contributed by atoms with Crippen molar-refractivity contribution in [2.45, 2.75) is 26.5 Å². The van der Waals surface area contributed by atoms with E-state index in [-0.39, 0.29) is 6.10 Å². The molecule has 2 aromatic carbocycles. The summed E-state index contributed by atoms with van der Waals surface area (Å²) >= 11 is 0. The minimum absolute atomic E-state index is 0.174. The lowest BCUT2D eigenvalue weighted by Crippen LogP contribution is -2.38. The first-order chi connectivity index (χ1) is 9.63. The molecule has 1 aliphatic heterocycles. The van der Waals surface area contributed by atoms with Crippen molar-refractivity contribution in [3.8, 4) is 5.75 Å². The first-order valence-corrected chi connectivity index (χ1v) is 6.99. The molecule has 0 aromatic heterocycles. The molecule has 0 spiro atoms. The van der Waals surface area contributed by atoms with E-state index in [0.717, 1.165) is 30.2 Å². The van der Waals surface area contributed by atoms with Crippen LogP contribution in [0.15, 0.2) is 42.5 Å². The Bertz CT molecular complexity index is 624. The Balaban J connectivity index is 1.93. The van der Waals surface area contributed by atoms with Crippen molar-refractivity contribution < 1.29 is 4.74 Å². The lowest BCUT2D eigenvalue weighted by Gasteiger charge is -2.35. The summed E-state index contributed by atoms with van der Waals surface area (Å²) in [6.07, 6.45) is 0.174. The van der Waals surface area contributed by atoms with Gasteiger partial charge in [-0.2, -0.15) is 0 Å². The zero-order valence-electron chi connectivity index (χ0n) is 12.0. The topological polar surface area (TPSA) is 38.5 Å². The molecule has 1 heterocycles. The van der Waals surface area contributed by atoms with Gasteiger partial charge in [0.25, 0.3) is 0 Å². The number of nitrogen functional groups attached to an aromatic ring is 1. The van der Waals surface area contributed by atoms with E-state index in [1.807, 2.05) is 12.1 Å². The van der Waals surface area contributed by atoms with Crippen molar-refractivity contribution in [3.05, 3.63) is 53.6 Å². The molecule has 0 saturated heterocycles. The molecule has 1 atom stereocenters. The van der Waals surface area contributed by atoms with Crippen LogP contribution in [0.3, 0.4) is 0 Å². The predicted molar refractivity (Wildman–Crippen MR) is 83.2 cm³/mol. The van der Waals surface area contributed by atoms with Crippen LogP contribution in [0.4, 0.5) is 11.4 Å². The quantitative estimate of drug-likeness (QED) is 0.849. The second kappa shape index (κ2) is 5.08. The molecule has 0 radical (unpaired) electrons. The Kier molecular flexibility index (Phi) is 3.26. The maximum Gasteiger partial charge on any atom is 0.145 e. The third-order valence-electron chi connectivity index (χ3n) is 3.75. The van der Waals surface area contributed by atoms with Gasteiger partial charge in [0.05, 0.1) is 12.2 Å². The third kappa shape index (κ3) is 2.44. The van der Waals surface area contributed by atoms with E-state index in [2.05, 4.69) is 49.1 Å². The van der Waals surface area contributed by atoms with E-state index in [1.165, 1.54) is 11.1 Å². The molecular formula is C17H20N2O. The molecule has 2 N–H and O–H groups in total. The molecule has 2 aromatic rings. The van der Waals surface area contributed by atoms with Crippen molar-refractivity contribution >= 4 is 11.4 Å². The van der Waals surface area contributed by atoms with Crippen LogP contribution >= 0.6 is 0 Å². The number of nitrogens with zero attached hydrogens (tertiary/aromatic N) is 1. The maximum absolute atomic E-state index is 5.89. The van der Waals surface area contributed by atoms with Crippen molar-refractivity contribution in [2.24, 2.45) is 0 Å². The zero-order chi connectivity index (χ0) is 14.1. The van der Waals surface area contributed by atoms with Gasteiger partial charge in [-0.15, -0.1) is 0 Å². The third-order valence-corrected chi connectivity index (χ3v) is 3.75. The molecule has 0 saturated carbocycles. The van der Waals surface area contributed by atoms with Crippen LogP contribution in [0.25, 0.3) is 0 Å². The summed E-state index contributed by atoms with van der Waals surface area (Å²) < 4.78 is 5.89. The van der Waals surface area contributed by atoms with Crippen molar-refractivity contribution in [1.82, 2.24) is 0 Å². The van der Waals surface area contributed by atoms with Crippen LogP contribution in [-0.4, -0.2) is 12.6 Å². The Hall–Kier alpha value is -2.16. The number of fused-ring (bicyclic) bond motifs is 1. The highest BCUT2D eigenvalue weighted by Gasteiger charge is 2.23. The second-order valence-electron chi connectivity index (χ2n) is 5.46. The average molecular weight is 268 g/mol. The second-order valence-corrected chi connectivity index (χ2v) is 5.46. The smallest absolute Gasteiger partial charge is 0.145 e. The fraction of sp³-hybridized carbons (Fsp3) is 0.294. The Morgan fingerprint density at radius 1 is 1.25 bits per heavy atom. The number of aryl methyl sites for hydroxylation is 1. The van der Waals surface area contributed by atoms with Gasteiger partial charge in [0, 0.05) is 18.3 Å². The lowest BCUT2D eigenvalue weighted by molar-refractivity contribution is 0.212. The summed E-state index contributed by atoms with van der Waals surface area (Å²) in [4.78, 5) is 2.37. The monoisotopic (exact) mass is 268 g/mol. The number of rotatable bonds is 2. The summed E-state index contributed by atoms with van der Waals surface area (Å²) in [5.41, 5.74) is 10.4. The van der Waals surface area contributed by atoms with Crippen LogP contribution in [-0.2, 0) is 6.54 Å². The number of ether oxygens (including phenoxy) is 1. The molecule has 20 heavy (non-hydrogen) atoms. The normalized spacial score (nSPS) is 17.5. The molecule has 1 unspecified atom stereocenters. The molecule has 0 bridgehead atoms. The molecule has 0 aliphatic carbocycles. The highest BCUT2D eigenvalue weighted by Crippen LogP contribution is 2.36. The summed E-state index contributed by atoms with van der Waals surface area (Å²) in [5, 5.41) is 0. The van der Waals surface area contributed by atoms with Gasteiger partial charge in [-0.1, -0.05) is 24.3 Å². The fourth-order valence-corrected chi connectivity index (χ4v) is 2.69. The summed E-state index contributed by atoms with van der Waals surface area (Å²) in [5.74, 6) is 0.886. The van der Waals surface area contributed by atoms with E-state index < -0.39 is 0 Å². The summed E-state index contributed by atoms with van der Waals surface area (Å²) in [7, 11) is 0. The predicted octanol–water partition coefficient (Wildman–Crippen LogP) is 3.36. The van der Waals surface area contributed by atoms with Crippen molar-refractivity contribution in [3.63, 3.8) is 0 Å². The largest absolute Gasteiger partial charge is 0.487 e. The molecule has 0 fully saturated rings.